The molecule has 2 aromatic rings. The fourth-order valence-electron chi connectivity index (χ4n) is 3.73. The van der Waals surface area contributed by atoms with Gasteiger partial charge in [-0.05, 0) is 23.1 Å². The van der Waals surface area contributed by atoms with Gasteiger partial charge in [0.2, 0.25) is 0 Å². The summed E-state index contributed by atoms with van der Waals surface area (Å²) in [4.78, 5) is 21.7. The second-order valence-electron chi connectivity index (χ2n) is 9.09. The Labute approximate surface area is 169 Å². The molecule has 3 rings (SSSR count). The smallest absolute Gasteiger partial charge is 0.253 e. The molecule has 0 aliphatic carbocycles. The van der Waals surface area contributed by atoms with E-state index in [2.05, 4.69) is 67.4 Å². The first-order valence-corrected chi connectivity index (χ1v) is 10.4. The van der Waals surface area contributed by atoms with E-state index in [1.165, 1.54) is 5.56 Å². The Morgan fingerprint density at radius 3 is 2.25 bits per heavy atom. The summed E-state index contributed by atoms with van der Waals surface area (Å²) >= 11 is 0. The van der Waals surface area contributed by atoms with Crippen LogP contribution in [0.25, 0.3) is 0 Å². The lowest BCUT2D eigenvalue weighted by Gasteiger charge is -2.35. The highest BCUT2D eigenvalue weighted by Gasteiger charge is 2.23. The van der Waals surface area contributed by atoms with Gasteiger partial charge in [0.1, 0.15) is 5.82 Å². The van der Waals surface area contributed by atoms with E-state index in [0.29, 0.717) is 5.92 Å². The second kappa shape index (κ2) is 8.48. The first kappa shape index (κ1) is 20.6. The van der Waals surface area contributed by atoms with Gasteiger partial charge in [-0.2, -0.15) is 0 Å². The molecule has 0 radical (unpaired) electrons. The number of aromatic nitrogens is 2. The van der Waals surface area contributed by atoms with Crippen LogP contribution in [0.1, 0.15) is 62.3 Å². The highest BCUT2D eigenvalue weighted by molar-refractivity contribution is 5.94. The van der Waals surface area contributed by atoms with Crippen LogP contribution in [-0.4, -0.2) is 58.0 Å². The molecular weight excluding hydrogens is 348 g/mol. The van der Waals surface area contributed by atoms with Crippen molar-refractivity contribution in [3.8, 4) is 0 Å². The van der Waals surface area contributed by atoms with Crippen molar-refractivity contribution in [2.45, 2.75) is 52.5 Å². The molecule has 1 aliphatic rings. The minimum atomic E-state index is 0.109. The topological polar surface area (TPSA) is 41.4 Å². The van der Waals surface area contributed by atoms with Crippen molar-refractivity contribution in [1.82, 2.24) is 19.4 Å². The fraction of sp³-hybridized carbons (Fsp3) is 0.565. The number of piperazine rings is 1. The highest BCUT2D eigenvalue weighted by atomic mass is 16.2. The molecule has 1 aliphatic heterocycles. The van der Waals surface area contributed by atoms with E-state index in [1.54, 1.807) is 0 Å². The summed E-state index contributed by atoms with van der Waals surface area (Å²) in [6.45, 7) is 16.3. The van der Waals surface area contributed by atoms with E-state index in [0.717, 1.165) is 50.7 Å². The highest BCUT2D eigenvalue weighted by Crippen LogP contribution is 2.22. The van der Waals surface area contributed by atoms with Gasteiger partial charge in [0, 0.05) is 63.1 Å². The molecule has 0 unspecified atom stereocenters. The predicted octanol–water partition coefficient (Wildman–Crippen LogP) is 3.76. The van der Waals surface area contributed by atoms with Crippen molar-refractivity contribution in [3.63, 3.8) is 0 Å². The van der Waals surface area contributed by atoms with Crippen LogP contribution in [0.5, 0.6) is 0 Å². The van der Waals surface area contributed by atoms with Crippen molar-refractivity contribution in [1.29, 1.82) is 0 Å². The summed E-state index contributed by atoms with van der Waals surface area (Å²) in [5, 5.41) is 0. The van der Waals surface area contributed by atoms with E-state index >= 15 is 0 Å². The number of hydrogen-bond acceptors (Lipinski definition) is 3. The van der Waals surface area contributed by atoms with Crippen molar-refractivity contribution in [2.75, 3.05) is 32.7 Å². The van der Waals surface area contributed by atoms with E-state index in [-0.39, 0.29) is 11.3 Å². The molecule has 1 aromatic carbocycles. The Hall–Kier alpha value is -2.14. The maximum absolute atomic E-state index is 12.8. The zero-order valence-electron chi connectivity index (χ0n) is 18.0. The summed E-state index contributed by atoms with van der Waals surface area (Å²) in [6, 6.07) is 8.12. The van der Waals surface area contributed by atoms with Crippen molar-refractivity contribution in [3.05, 3.63) is 53.6 Å². The van der Waals surface area contributed by atoms with Crippen LogP contribution in [0.4, 0.5) is 0 Å². The first-order chi connectivity index (χ1) is 13.3. The number of rotatable bonds is 5. The van der Waals surface area contributed by atoms with E-state index < -0.39 is 0 Å². The van der Waals surface area contributed by atoms with Crippen LogP contribution in [0.15, 0.2) is 36.7 Å². The van der Waals surface area contributed by atoms with Gasteiger partial charge in [-0.25, -0.2) is 4.98 Å². The summed E-state index contributed by atoms with van der Waals surface area (Å²) in [7, 11) is 0. The van der Waals surface area contributed by atoms with Crippen LogP contribution < -0.4 is 0 Å². The summed E-state index contributed by atoms with van der Waals surface area (Å²) in [6.07, 6.45) is 3.95. The standard InChI is InChI=1S/C23H34N4O/c1-18(2)21-24-10-11-26(21)15-12-25-13-16-27(17-14-25)22(28)19-6-8-20(9-7-19)23(3,4)5/h6-11,18H,12-17H2,1-5H3. The van der Waals surface area contributed by atoms with Gasteiger partial charge >= 0.3 is 0 Å². The molecule has 0 N–H and O–H groups in total. The van der Waals surface area contributed by atoms with Gasteiger partial charge in [0.15, 0.2) is 0 Å². The summed E-state index contributed by atoms with van der Waals surface area (Å²) in [5.74, 6) is 1.73. The third-order valence-electron chi connectivity index (χ3n) is 5.58. The third-order valence-corrected chi connectivity index (χ3v) is 5.58. The maximum atomic E-state index is 12.8. The first-order valence-electron chi connectivity index (χ1n) is 10.4. The van der Waals surface area contributed by atoms with Crippen LogP contribution >= 0.6 is 0 Å². The monoisotopic (exact) mass is 382 g/mol. The Balaban J connectivity index is 1.51. The average Bonchev–Trinajstić information content (AvgIpc) is 3.15. The van der Waals surface area contributed by atoms with Crippen molar-refractivity contribution in [2.24, 2.45) is 0 Å². The van der Waals surface area contributed by atoms with E-state index in [4.69, 9.17) is 0 Å². The van der Waals surface area contributed by atoms with Gasteiger partial charge in [0.25, 0.3) is 5.91 Å². The lowest BCUT2D eigenvalue weighted by atomic mass is 9.86. The largest absolute Gasteiger partial charge is 0.336 e. The molecule has 1 amide bonds. The number of carbonyl (C=O) groups excluding carboxylic acids is 1. The summed E-state index contributed by atoms with van der Waals surface area (Å²) < 4.78 is 2.25. The molecule has 1 saturated heterocycles. The SMILES string of the molecule is CC(C)c1nccn1CCN1CCN(C(=O)c2ccc(C(C)(C)C)cc2)CC1. The number of amides is 1. The van der Waals surface area contributed by atoms with Crippen LogP contribution in [0, 0.1) is 0 Å². The van der Waals surface area contributed by atoms with Crippen LogP contribution in [0.3, 0.4) is 0 Å². The normalized spacial score (nSPS) is 16.0. The molecule has 5 heteroatoms. The Morgan fingerprint density at radius 1 is 1.04 bits per heavy atom. The molecule has 1 aromatic heterocycles. The Morgan fingerprint density at radius 2 is 1.68 bits per heavy atom. The lowest BCUT2D eigenvalue weighted by Crippen LogP contribution is -2.49. The molecule has 0 bridgehead atoms. The van der Waals surface area contributed by atoms with E-state index in [1.807, 2.05) is 23.2 Å². The maximum Gasteiger partial charge on any atom is 0.253 e. The molecule has 152 valence electrons. The average molecular weight is 383 g/mol. The van der Waals surface area contributed by atoms with Gasteiger partial charge in [-0.15, -0.1) is 0 Å². The van der Waals surface area contributed by atoms with Crippen LogP contribution in [-0.2, 0) is 12.0 Å². The van der Waals surface area contributed by atoms with Gasteiger partial charge in [0.05, 0.1) is 0 Å². The summed E-state index contributed by atoms with van der Waals surface area (Å²) in [5.41, 5.74) is 2.16. The molecule has 5 nitrogen and oxygen atoms in total. The number of carbonyl (C=O) groups is 1. The Bertz CT molecular complexity index is 778. The number of imidazole rings is 1. The minimum Gasteiger partial charge on any atom is -0.336 e. The molecule has 0 spiro atoms. The van der Waals surface area contributed by atoms with Crippen LogP contribution in [0.2, 0.25) is 0 Å². The molecule has 0 saturated carbocycles. The number of benzene rings is 1. The second-order valence-corrected chi connectivity index (χ2v) is 9.09. The quantitative estimate of drug-likeness (QED) is 0.791. The zero-order valence-corrected chi connectivity index (χ0v) is 18.0. The van der Waals surface area contributed by atoms with Gasteiger partial charge in [-0.3, -0.25) is 9.69 Å². The molecule has 0 atom stereocenters. The van der Waals surface area contributed by atoms with E-state index in [9.17, 15) is 4.79 Å². The fourth-order valence-corrected chi connectivity index (χ4v) is 3.73. The molecule has 2 heterocycles. The number of hydrogen-bond donors (Lipinski definition) is 0. The molecule has 28 heavy (non-hydrogen) atoms. The Kier molecular flexibility index (Phi) is 6.23. The lowest BCUT2D eigenvalue weighted by molar-refractivity contribution is 0.0633. The molecule has 1 fully saturated rings. The zero-order chi connectivity index (χ0) is 20.3. The van der Waals surface area contributed by atoms with Crippen molar-refractivity contribution >= 4 is 5.91 Å². The van der Waals surface area contributed by atoms with Gasteiger partial charge in [-0.1, -0.05) is 46.8 Å². The predicted molar refractivity (Wildman–Crippen MR) is 114 cm³/mol. The molecular formula is C23H34N4O. The van der Waals surface area contributed by atoms with Crippen molar-refractivity contribution < 1.29 is 4.79 Å². The minimum absolute atomic E-state index is 0.109. The third kappa shape index (κ3) is 4.82. The number of nitrogens with zero attached hydrogens (tertiary/aromatic N) is 4. The van der Waals surface area contributed by atoms with Gasteiger partial charge < -0.3 is 9.47 Å².